The summed E-state index contributed by atoms with van der Waals surface area (Å²) in [6.45, 7) is 0. The fourth-order valence-corrected chi connectivity index (χ4v) is 3.74. The van der Waals surface area contributed by atoms with Gasteiger partial charge in [-0.25, -0.2) is 21.2 Å². The van der Waals surface area contributed by atoms with Gasteiger partial charge in [0.1, 0.15) is 4.90 Å². The molecule has 23 heavy (non-hydrogen) atoms. The van der Waals surface area contributed by atoms with Crippen molar-refractivity contribution in [3.05, 3.63) is 53.3 Å². The Morgan fingerprint density at radius 2 is 1.48 bits per heavy atom. The summed E-state index contributed by atoms with van der Waals surface area (Å²) >= 11 is 5.58. The van der Waals surface area contributed by atoms with Gasteiger partial charge in [0.25, 0.3) is 10.0 Å². The number of rotatable bonds is 5. The van der Waals surface area contributed by atoms with Crippen LogP contribution >= 0.6 is 11.6 Å². The minimum absolute atomic E-state index is 0.0148. The third-order valence-electron chi connectivity index (χ3n) is 2.67. The van der Waals surface area contributed by atoms with Crippen LogP contribution in [0.25, 0.3) is 0 Å². The van der Waals surface area contributed by atoms with E-state index < -0.39 is 30.8 Å². The van der Waals surface area contributed by atoms with Crippen LogP contribution in [-0.2, 0) is 20.0 Å². The normalized spacial score (nSPS) is 12.0. The highest BCUT2D eigenvalue weighted by molar-refractivity contribution is 7.93. The number of benzene rings is 2. The van der Waals surface area contributed by atoms with Crippen molar-refractivity contribution < 1.29 is 21.2 Å². The van der Waals surface area contributed by atoms with E-state index in [0.29, 0.717) is 0 Å². The topological polar surface area (TPSA) is 92.3 Å². The Labute approximate surface area is 138 Å². The molecule has 0 heterocycles. The minimum atomic E-state index is -4.29. The van der Waals surface area contributed by atoms with Crippen LogP contribution in [0.15, 0.2) is 47.4 Å². The maximum absolute atomic E-state index is 13.9. The Morgan fingerprint density at radius 1 is 0.913 bits per heavy atom. The molecule has 124 valence electrons. The zero-order chi connectivity index (χ0) is 17.3. The molecular weight excluding hydrogens is 367 g/mol. The molecule has 0 spiro atoms. The summed E-state index contributed by atoms with van der Waals surface area (Å²) in [5.74, 6) is -1.09. The van der Waals surface area contributed by atoms with Gasteiger partial charge in [0, 0.05) is 0 Å². The first kappa shape index (κ1) is 17.5. The molecule has 0 radical (unpaired) electrons. The monoisotopic (exact) mass is 378 g/mol. The minimum Gasteiger partial charge on any atom is -0.282 e. The maximum Gasteiger partial charge on any atom is 0.264 e. The average Bonchev–Trinajstić information content (AvgIpc) is 2.42. The summed E-state index contributed by atoms with van der Waals surface area (Å²) in [5, 5.41) is -0.338. The van der Waals surface area contributed by atoms with Crippen LogP contribution in [0, 0.1) is 5.82 Å². The van der Waals surface area contributed by atoms with Crippen LogP contribution in [-0.4, -0.2) is 23.1 Å². The predicted molar refractivity (Wildman–Crippen MR) is 87.1 cm³/mol. The van der Waals surface area contributed by atoms with E-state index in [-0.39, 0.29) is 16.4 Å². The van der Waals surface area contributed by atoms with Crippen molar-refractivity contribution in [3.63, 3.8) is 0 Å². The van der Waals surface area contributed by atoms with Gasteiger partial charge in [0.15, 0.2) is 5.82 Å². The van der Waals surface area contributed by atoms with Gasteiger partial charge in [0.2, 0.25) is 10.0 Å². The first-order valence-electron chi connectivity index (χ1n) is 6.14. The average molecular weight is 379 g/mol. The number of hydrogen-bond acceptors (Lipinski definition) is 4. The van der Waals surface area contributed by atoms with Crippen molar-refractivity contribution in [2.45, 2.75) is 4.90 Å². The maximum atomic E-state index is 13.9. The number of anilines is 2. The molecule has 10 heteroatoms. The van der Waals surface area contributed by atoms with Gasteiger partial charge >= 0.3 is 0 Å². The van der Waals surface area contributed by atoms with E-state index in [1.165, 1.54) is 36.4 Å². The van der Waals surface area contributed by atoms with Gasteiger partial charge in [-0.15, -0.1) is 0 Å². The van der Waals surface area contributed by atoms with E-state index in [1.54, 1.807) is 0 Å². The molecule has 0 bridgehead atoms. The molecule has 2 N–H and O–H groups in total. The molecule has 0 saturated carbocycles. The summed E-state index contributed by atoms with van der Waals surface area (Å²) in [4.78, 5) is -0.640. The number of para-hydroxylation sites is 2. The molecule has 2 aromatic carbocycles. The van der Waals surface area contributed by atoms with Gasteiger partial charge in [-0.1, -0.05) is 29.8 Å². The van der Waals surface area contributed by atoms with Crippen LogP contribution in [0.1, 0.15) is 0 Å². The van der Waals surface area contributed by atoms with E-state index in [9.17, 15) is 21.2 Å². The van der Waals surface area contributed by atoms with Gasteiger partial charge < -0.3 is 0 Å². The first-order chi connectivity index (χ1) is 10.6. The third-order valence-corrected chi connectivity index (χ3v) is 4.94. The van der Waals surface area contributed by atoms with Crippen LogP contribution < -0.4 is 9.44 Å². The summed E-state index contributed by atoms with van der Waals surface area (Å²) in [6.07, 6.45) is 0.926. The number of hydrogen-bond donors (Lipinski definition) is 2. The highest BCUT2D eigenvalue weighted by Gasteiger charge is 2.22. The van der Waals surface area contributed by atoms with Crippen molar-refractivity contribution in [1.29, 1.82) is 0 Å². The molecule has 0 amide bonds. The Morgan fingerprint density at radius 3 is 2.04 bits per heavy atom. The highest BCUT2D eigenvalue weighted by Crippen LogP contribution is 2.27. The number of sulfonamides is 2. The molecule has 2 rings (SSSR count). The lowest BCUT2D eigenvalue weighted by Crippen LogP contribution is -2.17. The Balaban J connectivity index is 2.44. The molecule has 0 aromatic heterocycles. The lowest BCUT2D eigenvalue weighted by molar-refractivity contribution is 0.570. The van der Waals surface area contributed by atoms with Gasteiger partial charge in [0.05, 0.1) is 22.7 Å². The smallest absolute Gasteiger partial charge is 0.264 e. The molecule has 0 aliphatic heterocycles. The second-order valence-corrected chi connectivity index (χ2v) is 8.38. The van der Waals surface area contributed by atoms with Crippen molar-refractivity contribution >= 4 is 43.0 Å². The zero-order valence-corrected chi connectivity index (χ0v) is 14.1. The number of nitrogens with one attached hydrogen (secondary N) is 2. The Bertz CT molecular complexity index is 946. The van der Waals surface area contributed by atoms with Crippen LogP contribution in [0.5, 0.6) is 0 Å². The molecule has 0 aliphatic rings. The molecule has 0 atom stereocenters. The van der Waals surface area contributed by atoms with Crippen molar-refractivity contribution in [3.8, 4) is 0 Å². The van der Waals surface area contributed by atoms with E-state index in [2.05, 4.69) is 9.44 Å². The zero-order valence-electron chi connectivity index (χ0n) is 11.7. The molecule has 2 aromatic rings. The quantitative estimate of drug-likeness (QED) is 0.836. The van der Waals surface area contributed by atoms with Crippen molar-refractivity contribution in [1.82, 2.24) is 0 Å². The molecule has 0 fully saturated rings. The largest absolute Gasteiger partial charge is 0.282 e. The van der Waals surface area contributed by atoms with Crippen LogP contribution in [0.3, 0.4) is 0 Å². The summed E-state index contributed by atoms with van der Waals surface area (Å²) in [7, 11) is -7.90. The van der Waals surface area contributed by atoms with Crippen LogP contribution in [0.2, 0.25) is 5.02 Å². The second-order valence-electron chi connectivity index (χ2n) is 4.58. The summed E-state index contributed by atoms with van der Waals surface area (Å²) in [5.41, 5.74) is -0.0293. The highest BCUT2D eigenvalue weighted by atomic mass is 35.5. The molecule has 0 saturated heterocycles. The third kappa shape index (κ3) is 4.34. The first-order valence-corrected chi connectivity index (χ1v) is 9.89. The molecular formula is C13H12ClFN2O4S2. The van der Waals surface area contributed by atoms with Gasteiger partial charge in [-0.2, -0.15) is 0 Å². The SMILES string of the molecule is CS(=O)(=O)Nc1ccccc1NS(=O)(=O)c1cccc(Cl)c1F. The van der Waals surface area contributed by atoms with E-state index >= 15 is 0 Å². The lowest BCUT2D eigenvalue weighted by Gasteiger charge is -2.13. The van der Waals surface area contributed by atoms with Crippen molar-refractivity contribution in [2.75, 3.05) is 15.7 Å². The van der Waals surface area contributed by atoms with Crippen LogP contribution in [0.4, 0.5) is 15.8 Å². The van der Waals surface area contributed by atoms with E-state index in [4.69, 9.17) is 11.6 Å². The number of halogens is 2. The Kier molecular flexibility index (Phi) is 4.83. The molecule has 6 nitrogen and oxygen atoms in total. The lowest BCUT2D eigenvalue weighted by atomic mass is 10.3. The fourth-order valence-electron chi connectivity index (χ4n) is 1.75. The summed E-state index contributed by atoms with van der Waals surface area (Å²) < 4.78 is 65.5. The van der Waals surface area contributed by atoms with E-state index in [1.807, 2.05) is 0 Å². The van der Waals surface area contributed by atoms with Gasteiger partial charge in [-0.05, 0) is 24.3 Å². The molecule has 0 unspecified atom stereocenters. The second kappa shape index (κ2) is 6.34. The van der Waals surface area contributed by atoms with E-state index in [0.717, 1.165) is 12.3 Å². The van der Waals surface area contributed by atoms with Crippen molar-refractivity contribution in [2.24, 2.45) is 0 Å². The molecule has 0 aliphatic carbocycles. The standard InChI is InChI=1S/C13H12ClFN2O4S2/c1-22(18,19)16-10-6-2-3-7-11(10)17-23(20,21)12-8-4-5-9(14)13(12)15/h2-8,16-17H,1H3. The van der Waals surface area contributed by atoms with Gasteiger partial charge in [-0.3, -0.25) is 9.44 Å². The fraction of sp³-hybridized carbons (Fsp3) is 0.0769. The predicted octanol–water partition coefficient (Wildman–Crippen LogP) is 2.65. The Hall–Kier alpha value is -1.84. The summed E-state index contributed by atoms with van der Waals surface area (Å²) in [6, 6.07) is 9.29.